The lowest BCUT2D eigenvalue weighted by molar-refractivity contribution is 0.0526. The number of hydrazine groups is 1. The minimum absolute atomic E-state index is 0.244. The van der Waals surface area contributed by atoms with Crippen molar-refractivity contribution in [3.8, 4) is 5.75 Å². The highest BCUT2D eigenvalue weighted by atomic mass is 35.5. The van der Waals surface area contributed by atoms with Gasteiger partial charge in [0.15, 0.2) is 0 Å². The predicted octanol–water partition coefficient (Wildman–Crippen LogP) is 5.33. The standard InChI is InChI=1S/C27H26ClN3O4/c1-3-34-27(33)20-7-11-22(12-8-20)30(2)29-26(32)24-6-4-5-19-15-16-31(25(19)24)17-18-35-23-13-9-21(28)10-14-23/h4-16H,3,17-18H2,1-2H3,(H,29,32). The van der Waals surface area contributed by atoms with E-state index < -0.39 is 0 Å². The first-order valence-electron chi connectivity index (χ1n) is 11.2. The number of carbonyl (C=O) groups excluding carboxylic acids is 2. The minimum Gasteiger partial charge on any atom is -0.492 e. The van der Waals surface area contributed by atoms with Crippen molar-refractivity contribution in [3.05, 3.63) is 95.1 Å². The molecule has 0 radical (unpaired) electrons. The Labute approximate surface area is 208 Å². The maximum absolute atomic E-state index is 13.2. The third-order valence-corrected chi connectivity index (χ3v) is 5.73. The van der Waals surface area contributed by atoms with Crippen molar-refractivity contribution in [3.63, 3.8) is 0 Å². The molecule has 0 bridgehead atoms. The molecule has 0 saturated heterocycles. The Hall–Kier alpha value is -3.97. The number of rotatable bonds is 9. The molecule has 0 fully saturated rings. The van der Waals surface area contributed by atoms with Crippen LogP contribution in [0.3, 0.4) is 0 Å². The van der Waals surface area contributed by atoms with Crippen LogP contribution >= 0.6 is 11.6 Å². The van der Waals surface area contributed by atoms with Gasteiger partial charge in [0.1, 0.15) is 12.4 Å². The smallest absolute Gasteiger partial charge is 0.338 e. The molecular weight excluding hydrogens is 466 g/mol. The topological polar surface area (TPSA) is 72.8 Å². The fourth-order valence-electron chi connectivity index (χ4n) is 3.74. The summed E-state index contributed by atoms with van der Waals surface area (Å²) in [7, 11) is 1.75. The van der Waals surface area contributed by atoms with Crippen LogP contribution in [0.2, 0.25) is 5.02 Å². The van der Waals surface area contributed by atoms with E-state index in [2.05, 4.69) is 5.43 Å². The van der Waals surface area contributed by atoms with Gasteiger partial charge in [0.05, 0.1) is 35.5 Å². The van der Waals surface area contributed by atoms with Crippen LogP contribution in [0.4, 0.5) is 5.69 Å². The Morgan fingerprint density at radius 1 is 1.00 bits per heavy atom. The van der Waals surface area contributed by atoms with Crippen LogP contribution in [-0.2, 0) is 11.3 Å². The molecule has 1 aromatic heterocycles. The number of hydrogen-bond acceptors (Lipinski definition) is 5. The Bertz CT molecular complexity index is 1320. The number of nitrogens with one attached hydrogen (secondary N) is 1. The highest BCUT2D eigenvalue weighted by Gasteiger charge is 2.16. The molecule has 1 heterocycles. The van der Waals surface area contributed by atoms with Crippen molar-refractivity contribution < 1.29 is 19.1 Å². The summed E-state index contributed by atoms with van der Waals surface area (Å²) in [5.74, 6) is 0.115. The Kier molecular flexibility index (Phi) is 7.57. The second-order valence-corrected chi connectivity index (χ2v) is 8.26. The molecule has 1 N–H and O–H groups in total. The van der Waals surface area contributed by atoms with Gasteiger partial charge in [-0.1, -0.05) is 23.7 Å². The molecule has 3 aromatic carbocycles. The number of esters is 1. The number of anilines is 1. The largest absolute Gasteiger partial charge is 0.492 e. The average molecular weight is 492 g/mol. The van der Waals surface area contributed by atoms with Crippen LogP contribution in [0.1, 0.15) is 27.6 Å². The van der Waals surface area contributed by atoms with Gasteiger partial charge in [-0.15, -0.1) is 0 Å². The summed E-state index contributed by atoms with van der Waals surface area (Å²) in [5.41, 5.74) is 5.47. The number of fused-ring (bicyclic) bond motifs is 1. The first-order chi connectivity index (χ1) is 17.0. The van der Waals surface area contributed by atoms with Gasteiger partial charge in [0, 0.05) is 23.7 Å². The van der Waals surface area contributed by atoms with Gasteiger partial charge in [-0.3, -0.25) is 15.2 Å². The van der Waals surface area contributed by atoms with Gasteiger partial charge >= 0.3 is 5.97 Å². The molecule has 0 aliphatic heterocycles. The van der Waals surface area contributed by atoms with Crippen LogP contribution in [0.15, 0.2) is 79.0 Å². The highest BCUT2D eigenvalue weighted by molar-refractivity contribution is 6.30. The van der Waals surface area contributed by atoms with Crippen LogP contribution in [0.5, 0.6) is 5.75 Å². The third kappa shape index (κ3) is 5.75. The number of nitrogens with zero attached hydrogens (tertiary/aromatic N) is 2. The first kappa shape index (κ1) is 24.2. The predicted molar refractivity (Wildman–Crippen MR) is 137 cm³/mol. The molecule has 7 nitrogen and oxygen atoms in total. The molecule has 4 rings (SSSR count). The SMILES string of the molecule is CCOC(=O)c1ccc(N(C)NC(=O)c2cccc3ccn(CCOc4ccc(Cl)cc4)c23)cc1. The summed E-state index contributed by atoms with van der Waals surface area (Å²) in [6, 6.07) is 21.7. The van der Waals surface area contributed by atoms with Gasteiger partial charge < -0.3 is 14.0 Å². The summed E-state index contributed by atoms with van der Waals surface area (Å²) in [4.78, 5) is 25.1. The number of benzene rings is 3. The Morgan fingerprint density at radius 2 is 1.74 bits per heavy atom. The Balaban J connectivity index is 1.46. The first-order valence-corrected chi connectivity index (χ1v) is 11.6. The van der Waals surface area contributed by atoms with Gasteiger partial charge in [0.2, 0.25) is 0 Å². The van der Waals surface area contributed by atoms with Crippen LogP contribution in [-0.4, -0.2) is 36.7 Å². The molecule has 8 heteroatoms. The number of halogens is 1. The van der Waals surface area contributed by atoms with Crippen molar-refractivity contribution >= 4 is 40.1 Å². The van der Waals surface area contributed by atoms with Crippen LogP contribution in [0.25, 0.3) is 10.9 Å². The zero-order chi connectivity index (χ0) is 24.8. The monoisotopic (exact) mass is 491 g/mol. The molecule has 4 aromatic rings. The van der Waals surface area contributed by atoms with E-state index in [0.717, 1.165) is 22.3 Å². The van der Waals surface area contributed by atoms with E-state index in [4.69, 9.17) is 21.1 Å². The van der Waals surface area contributed by atoms with Crippen molar-refractivity contribution in [2.45, 2.75) is 13.5 Å². The lowest BCUT2D eigenvalue weighted by Gasteiger charge is -2.21. The van der Waals surface area contributed by atoms with Gasteiger partial charge in [0.25, 0.3) is 5.91 Å². The van der Waals surface area contributed by atoms with Crippen molar-refractivity contribution in [2.24, 2.45) is 0 Å². The molecule has 180 valence electrons. The number of carbonyl (C=O) groups is 2. The van der Waals surface area contributed by atoms with Crippen molar-refractivity contribution in [2.75, 3.05) is 25.3 Å². The number of aromatic nitrogens is 1. The second kappa shape index (κ2) is 11.0. The quantitative estimate of drug-likeness (QED) is 0.253. The summed E-state index contributed by atoms with van der Waals surface area (Å²) in [6.07, 6.45) is 1.95. The van der Waals surface area contributed by atoms with E-state index in [9.17, 15) is 9.59 Å². The van der Waals surface area contributed by atoms with Gasteiger partial charge in [-0.25, -0.2) is 4.79 Å². The average Bonchev–Trinajstić information content (AvgIpc) is 3.28. The Morgan fingerprint density at radius 3 is 2.46 bits per heavy atom. The van der Waals surface area contributed by atoms with Gasteiger partial charge in [-0.2, -0.15) is 0 Å². The van der Waals surface area contributed by atoms with Crippen LogP contribution in [0, 0.1) is 0 Å². The minimum atomic E-state index is -0.377. The molecule has 0 spiro atoms. The maximum atomic E-state index is 13.2. The fraction of sp³-hybridized carbons (Fsp3) is 0.185. The molecule has 35 heavy (non-hydrogen) atoms. The molecule has 0 unspecified atom stereocenters. The van der Waals surface area contributed by atoms with E-state index in [1.165, 1.54) is 0 Å². The van der Waals surface area contributed by atoms with E-state index in [0.29, 0.717) is 35.9 Å². The molecule has 1 amide bonds. The molecule has 0 saturated carbocycles. The fourth-order valence-corrected chi connectivity index (χ4v) is 3.86. The summed E-state index contributed by atoms with van der Waals surface area (Å²) in [5, 5.41) is 3.24. The highest BCUT2D eigenvalue weighted by Crippen LogP contribution is 2.22. The molecule has 0 aliphatic rings. The number of para-hydroxylation sites is 1. The van der Waals surface area contributed by atoms with E-state index in [-0.39, 0.29) is 11.9 Å². The lowest BCUT2D eigenvalue weighted by Crippen LogP contribution is -2.39. The number of hydrogen-bond donors (Lipinski definition) is 1. The zero-order valence-electron chi connectivity index (χ0n) is 19.5. The zero-order valence-corrected chi connectivity index (χ0v) is 20.3. The summed E-state index contributed by atoms with van der Waals surface area (Å²) >= 11 is 5.93. The lowest BCUT2D eigenvalue weighted by atomic mass is 10.1. The second-order valence-electron chi connectivity index (χ2n) is 7.82. The van der Waals surface area contributed by atoms with Gasteiger partial charge in [-0.05, 0) is 67.6 Å². The van der Waals surface area contributed by atoms with Crippen molar-refractivity contribution in [1.82, 2.24) is 9.99 Å². The summed E-state index contributed by atoms with van der Waals surface area (Å²) in [6.45, 7) is 3.09. The third-order valence-electron chi connectivity index (χ3n) is 5.48. The van der Waals surface area contributed by atoms with Crippen molar-refractivity contribution in [1.29, 1.82) is 0 Å². The molecular formula is C27H26ClN3O4. The van der Waals surface area contributed by atoms with E-state index >= 15 is 0 Å². The number of amides is 1. The molecule has 0 atom stereocenters. The van der Waals surface area contributed by atoms with Crippen LogP contribution < -0.4 is 15.2 Å². The van der Waals surface area contributed by atoms with E-state index in [1.54, 1.807) is 61.4 Å². The van der Waals surface area contributed by atoms with E-state index in [1.807, 2.05) is 41.1 Å². The normalized spacial score (nSPS) is 10.7. The maximum Gasteiger partial charge on any atom is 0.338 e. The number of ether oxygens (including phenoxy) is 2. The summed E-state index contributed by atoms with van der Waals surface area (Å²) < 4.78 is 12.8. The molecule has 0 aliphatic carbocycles.